The Labute approximate surface area is 188 Å². The van der Waals surface area contributed by atoms with E-state index >= 15 is 0 Å². The van der Waals surface area contributed by atoms with Crippen molar-refractivity contribution in [2.45, 2.75) is 12.5 Å². The second-order valence-corrected chi connectivity index (χ2v) is 7.90. The van der Waals surface area contributed by atoms with Crippen LogP contribution in [0.15, 0.2) is 59.5 Å². The van der Waals surface area contributed by atoms with Gasteiger partial charge in [-0.05, 0) is 41.1 Å². The van der Waals surface area contributed by atoms with Crippen LogP contribution < -0.4 is 16.4 Å². The van der Waals surface area contributed by atoms with Gasteiger partial charge in [0, 0.05) is 13.1 Å². The van der Waals surface area contributed by atoms with Crippen molar-refractivity contribution in [3.8, 4) is 0 Å². The van der Waals surface area contributed by atoms with Gasteiger partial charge >= 0.3 is 6.03 Å². The number of halogens is 1. The van der Waals surface area contributed by atoms with Crippen molar-refractivity contribution in [1.82, 2.24) is 15.5 Å². The molecule has 0 bridgehead atoms. The van der Waals surface area contributed by atoms with Crippen LogP contribution >= 0.6 is 11.8 Å². The van der Waals surface area contributed by atoms with E-state index in [0.717, 1.165) is 22.2 Å². The van der Waals surface area contributed by atoms with E-state index < -0.39 is 29.0 Å². The second-order valence-electron chi connectivity index (χ2n) is 6.91. The number of carbonyl (C=O) groups is 4. The molecule has 0 radical (unpaired) electrons. The summed E-state index contributed by atoms with van der Waals surface area (Å²) in [5.41, 5.74) is 6.52. The summed E-state index contributed by atoms with van der Waals surface area (Å²) in [6, 6.07) is 13.1. The first-order valence-corrected chi connectivity index (χ1v) is 10.5. The van der Waals surface area contributed by atoms with Gasteiger partial charge in [0.1, 0.15) is 5.82 Å². The first-order chi connectivity index (χ1) is 15.3. The van der Waals surface area contributed by atoms with Gasteiger partial charge in [-0.3, -0.25) is 19.3 Å². The van der Waals surface area contributed by atoms with Crippen LogP contribution in [0.25, 0.3) is 6.08 Å². The molecule has 1 aliphatic heterocycles. The van der Waals surface area contributed by atoms with Gasteiger partial charge in [0.05, 0.1) is 17.4 Å². The molecule has 0 saturated carbocycles. The van der Waals surface area contributed by atoms with Crippen molar-refractivity contribution >= 4 is 40.9 Å². The summed E-state index contributed by atoms with van der Waals surface area (Å²) in [4.78, 5) is 49.6. The number of imide groups is 1. The van der Waals surface area contributed by atoms with E-state index in [1.807, 2.05) is 6.07 Å². The van der Waals surface area contributed by atoms with Gasteiger partial charge in [-0.25, -0.2) is 9.18 Å². The van der Waals surface area contributed by atoms with Gasteiger partial charge < -0.3 is 16.4 Å². The summed E-state index contributed by atoms with van der Waals surface area (Å²) in [7, 11) is 0. The largest absolute Gasteiger partial charge is 0.354 e. The van der Waals surface area contributed by atoms with Crippen LogP contribution in [-0.4, -0.2) is 41.1 Å². The zero-order valence-corrected chi connectivity index (χ0v) is 17.7. The minimum Gasteiger partial charge on any atom is -0.354 e. The van der Waals surface area contributed by atoms with E-state index in [0.29, 0.717) is 5.56 Å². The lowest BCUT2D eigenvalue weighted by molar-refractivity contribution is -0.124. The van der Waals surface area contributed by atoms with E-state index in [1.165, 1.54) is 30.3 Å². The van der Waals surface area contributed by atoms with Crippen LogP contribution in [0, 0.1) is 5.82 Å². The number of nitrogens with two attached hydrogens (primary N) is 1. The van der Waals surface area contributed by atoms with Gasteiger partial charge in [-0.15, -0.1) is 0 Å². The fourth-order valence-corrected chi connectivity index (χ4v) is 3.94. The maximum Gasteiger partial charge on any atom is 0.312 e. The predicted molar refractivity (Wildman–Crippen MR) is 119 cm³/mol. The number of amides is 5. The molecular formula is C22H21FN4O4S. The molecule has 1 fully saturated rings. The number of benzene rings is 2. The lowest BCUT2D eigenvalue weighted by Gasteiger charge is -2.18. The van der Waals surface area contributed by atoms with Crippen molar-refractivity contribution in [3.05, 3.63) is 76.4 Å². The topological polar surface area (TPSA) is 122 Å². The van der Waals surface area contributed by atoms with Gasteiger partial charge in [0.25, 0.3) is 11.1 Å². The monoisotopic (exact) mass is 456 g/mol. The molecule has 32 heavy (non-hydrogen) atoms. The SMILES string of the molecule is NC(=O)NC(CC(=O)NCCN1C(=O)SC(=Cc2ccc(F)cc2)C1=O)c1ccccc1. The number of primary amides is 1. The minimum absolute atomic E-state index is 0.00356. The van der Waals surface area contributed by atoms with Crippen LogP contribution in [0.5, 0.6) is 0 Å². The number of urea groups is 1. The number of carbonyl (C=O) groups excluding carboxylic acids is 4. The third kappa shape index (κ3) is 6.17. The number of hydrogen-bond donors (Lipinski definition) is 3. The quantitative estimate of drug-likeness (QED) is 0.528. The molecule has 0 aliphatic carbocycles. The summed E-state index contributed by atoms with van der Waals surface area (Å²) < 4.78 is 13.0. The Balaban J connectivity index is 1.54. The van der Waals surface area contributed by atoms with Gasteiger partial charge in [-0.1, -0.05) is 42.5 Å². The Morgan fingerprint density at radius 2 is 1.78 bits per heavy atom. The number of thioether (sulfide) groups is 1. The van der Waals surface area contributed by atoms with Crippen molar-refractivity contribution in [1.29, 1.82) is 0 Å². The lowest BCUT2D eigenvalue weighted by atomic mass is 10.0. The first kappa shape index (κ1) is 23.0. The molecule has 10 heteroatoms. The molecule has 1 unspecified atom stereocenters. The highest BCUT2D eigenvalue weighted by Crippen LogP contribution is 2.31. The fraction of sp³-hybridized carbons (Fsp3) is 0.182. The Hall–Kier alpha value is -3.66. The summed E-state index contributed by atoms with van der Waals surface area (Å²) in [6.45, 7) is 0.0508. The maximum absolute atomic E-state index is 13.0. The molecule has 1 aliphatic rings. The van der Waals surface area contributed by atoms with E-state index in [9.17, 15) is 23.6 Å². The Kier molecular flexibility index (Phi) is 7.61. The fourth-order valence-electron chi connectivity index (χ4n) is 3.08. The van der Waals surface area contributed by atoms with Gasteiger partial charge in [0.15, 0.2) is 0 Å². The number of nitrogens with one attached hydrogen (secondary N) is 2. The number of hydrogen-bond acceptors (Lipinski definition) is 5. The van der Waals surface area contributed by atoms with E-state index in [2.05, 4.69) is 10.6 Å². The number of rotatable bonds is 8. The molecule has 2 aromatic carbocycles. The molecule has 0 spiro atoms. The van der Waals surface area contributed by atoms with Crippen LogP contribution in [0.3, 0.4) is 0 Å². The Morgan fingerprint density at radius 3 is 2.44 bits per heavy atom. The minimum atomic E-state index is -0.752. The number of nitrogens with zero attached hydrogens (tertiary/aromatic N) is 1. The van der Waals surface area contributed by atoms with Crippen LogP contribution in [0.4, 0.5) is 14.0 Å². The van der Waals surface area contributed by atoms with E-state index in [1.54, 1.807) is 24.3 Å². The lowest BCUT2D eigenvalue weighted by Crippen LogP contribution is -2.40. The van der Waals surface area contributed by atoms with E-state index in [4.69, 9.17) is 5.73 Å². The zero-order valence-electron chi connectivity index (χ0n) is 16.9. The third-order valence-electron chi connectivity index (χ3n) is 4.61. The highest BCUT2D eigenvalue weighted by molar-refractivity contribution is 8.18. The highest BCUT2D eigenvalue weighted by atomic mass is 32.2. The molecule has 1 heterocycles. The van der Waals surface area contributed by atoms with Crippen LogP contribution in [-0.2, 0) is 9.59 Å². The smallest absolute Gasteiger partial charge is 0.312 e. The average Bonchev–Trinajstić information content (AvgIpc) is 3.02. The standard InChI is InChI=1S/C22H21FN4O4S/c23-16-8-6-14(7-9-16)12-18-20(29)27(22(31)32-18)11-10-25-19(28)13-17(26-21(24)30)15-4-2-1-3-5-15/h1-9,12,17H,10-11,13H2,(H,25,28)(H3,24,26,30). The van der Waals surface area contributed by atoms with Crippen LogP contribution in [0.1, 0.15) is 23.6 Å². The molecule has 5 amide bonds. The van der Waals surface area contributed by atoms with Gasteiger partial charge in [-0.2, -0.15) is 0 Å². The molecule has 166 valence electrons. The van der Waals surface area contributed by atoms with Crippen molar-refractivity contribution in [3.63, 3.8) is 0 Å². The van der Waals surface area contributed by atoms with Crippen LogP contribution in [0.2, 0.25) is 0 Å². The average molecular weight is 456 g/mol. The molecule has 3 rings (SSSR count). The summed E-state index contributed by atoms with van der Waals surface area (Å²) >= 11 is 0.785. The summed E-state index contributed by atoms with van der Waals surface area (Å²) in [5, 5.41) is 4.73. The van der Waals surface area contributed by atoms with Gasteiger partial charge in [0.2, 0.25) is 5.91 Å². The highest BCUT2D eigenvalue weighted by Gasteiger charge is 2.34. The molecule has 4 N–H and O–H groups in total. The molecule has 2 aromatic rings. The second kappa shape index (κ2) is 10.6. The predicted octanol–water partition coefficient (Wildman–Crippen LogP) is 2.78. The van der Waals surface area contributed by atoms with Crippen molar-refractivity contribution < 1.29 is 23.6 Å². The molecular weight excluding hydrogens is 435 g/mol. The normalized spacial score (nSPS) is 15.7. The molecule has 1 saturated heterocycles. The Bertz CT molecular complexity index is 1040. The summed E-state index contributed by atoms with van der Waals surface area (Å²) in [5.74, 6) is -1.25. The molecule has 1 atom stereocenters. The third-order valence-corrected chi connectivity index (χ3v) is 5.51. The molecule has 0 aromatic heterocycles. The van der Waals surface area contributed by atoms with Crippen molar-refractivity contribution in [2.24, 2.45) is 5.73 Å². The zero-order chi connectivity index (χ0) is 23.1. The first-order valence-electron chi connectivity index (χ1n) is 9.72. The van der Waals surface area contributed by atoms with E-state index in [-0.39, 0.29) is 30.3 Å². The Morgan fingerprint density at radius 1 is 1.09 bits per heavy atom. The maximum atomic E-state index is 13.0. The van der Waals surface area contributed by atoms with Crippen molar-refractivity contribution in [2.75, 3.05) is 13.1 Å². The molecule has 8 nitrogen and oxygen atoms in total. The summed E-state index contributed by atoms with van der Waals surface area (Å²) in [6.07, 6.45) is 1.46.